The molecule has 0 spiro atoms. The Hall–Kier alpha value is -2.87. The van der Waals surface area contributed by atoms with Crippen molar-refractivity contribution in [2.45, 2.75) is 102 Å². The maximum atomic E-state index is 15.0. The van der Waals surface area contributed by atoms with Gasteiger partial charge in [0.25, 0.3) is 0 Å². The van der Waals surface area contributed by atoms with Gasteiger partial charge in [-0.05, 0) is 129 Å². The lowest BCUT2D eigenvalue weighted by Gasteiger charge is -2.38. The second kappa shape index (κ2) is 14.1. The van der Waals surface area contributed by atoms with Gasteiger partial charge in [-0.25, -0.2) is 22.0 Å². The minimum atomic E-state index is -4.05. The Morgan fingerprint density at radius 2 is 1.30 bits per heavy atom. The van der Waals surface area contributed by atoms with E-state index in [0.29, 0.717) is 49.5 Å². The van der Waals surface area contributed by atoms with Gasteiger partial charge in [-0.2, -0.15) is 8.78 Å². The van der Waals surface area contributed by atoms with Crippen molar-refractivity contribution in [2.75, 3.05) is 0 Å². The maximum Gasteiger partial charge on any atom is 0.389 e. The van der Waals surface area contributed by atoms with Crippen LogP contribution in [0.1, 0.15) is 100 Å². The number of halogens is 7. The Bertz CT molecular complexity index is 1400. The van der Waals surface area contributed by atoms with E-state index >= 15 is 0 Å². The fraction of sp³-hybridized carbons (Fsp3) is 0.500. The molecule has 5 rings (SSSR count). The third-order valence-corrected chi connectivity index (χ3v) is 9.63. The van der Waals surface area contributed by atoms with Crippen LogP contribution in [0.15, 0.2) is 48.5 Å². The summed E-state index contributed by atoms with van der Waals surface area (Å²) in [6.07, 6.45) is 3.99. The van der Waals surface area contributed by atoms with Gasteiger partial charge in [0.2, 0.25) is 0 Å². The molecule has 0 aromatic heterocycles. The maximum absolute atomic E-state index is 15.0. The summed E-state index contributed by atoms with van der Waals surface area (Å²) in [5.41, 5.74) is 0.425. The Morgan fingerprint density at radius 3 is 1.89 bits per heavy atom. The van der Waals surface area contributed by atoms with Crippen LogP contribution in [0.5, 0.6) is 0 Å². The van der Waals surface area contributed by atoms with Crippen molar-refractivity contribution < 1.29 is 35.5 Å². The van der Waals surface area contributed by atoms with Crippen molar-refractivity contribution in [3.05, 3.63) is 94.3 Å². The first-order chi connectivity index (χ1) is 21.1. The van der Waals surface area contributed by atoms with E-state index in [0.717, 1.165) is 74.8 Å². The van der Waals surface area contributed by atoms with E-state index in [9.17, 15) is 30.7 Å². The number of unbranched alkanes of at least 4 members (excludes halogenated alkanes) is 2. The second-order valence-electron chi connectivity index (χ2n) is 12.5. The fourth-order valence-corrected chi connectivity index (χ4v) is 7.18. The van der Waals surface area contributed by atoms with Crippen LogP contribution in [0.3, 0.4) is 0 Å². The number of aryl methyl sites for hydroxylation is 1. The highest BCUT2D eigenvalue weighted by molar-refractivity contribution is 5.64. The average molecular weight is 621 g/mol. The highest BCUT2D eigenvalue weighted by Crippen LogP contribution is 2.45. The molecule has 2 aliphatic rings. The summed E-state index contributed by atoms with van der Waals surface area (Å²) in [4.78, 5) is 0. The highest BCUT2D eigenvalue weighted by atomic mass is 19.3. The molecule has 0 radical (unpaired) electrons. The molecule has 0 heterocycles. The topological polar surface area (TPSA) is 9.23 Å². The zero-order valence-corrected chi connectivity index (χ0v) is 25.0. The minimum absolute atomic E-state index is 0.181. The summed E-state index contributed by atoms with van der Waals surface area (Å²) in [5.74, 6) is -4.07. The van der Waals surface area contributed by atoms with Crippen LogP contribution in [-0.4, -0.2) is 6.10 Å². The van der Waals surface area contributed by atoms with Gasteiger partial charge >= 0.3 is 6.11 Å². The first-order valence-corrected chi connectivity index (χ1v) is 15.8. The molecule has 0 N–H and O–H groups in total. The molecule has 238 valence electrons. The predicted molar refractivity (Wildman–Crippen MR) is 157 cm³/mol. The Balaban J connectivity index is 1.12. The lowest BCUT2D eigenvalue weighted by molar-refractivity contribution is -0.281. The molecule has 2 saturated carbocycles. The van der Waals surface area contributed by atoms with Gasteiger partial charge in [-0.15, -0.1) is 0 Å². The Labute approximate surface area is 254 Å². The molecule has 0 amide bonds. The molecular formula is C36H39F7O. The van der Waals surface area contributed by atoms with E-state index in [-0.39, 0.29) is 17.0 Å². The number of benzene rings is 3. The molecule has 1 nitrogen and oxygen atoms in total. The van der Waals surface area contributed by atoms with Gasteiger partial charge in [-0.1, -0.05) is 38.0 Å². The zero-order valence-electron chi connectivity index (χ0n) is 25.0. The van der Waals surface area contributed by atoms with Crippen molar-refractivity contribution in [1.29, 1.82) is 0 Å². The van der Waals surface area contributed by atoms with E-state index in [1.807, 2.05) is 13.0 Å². The van der Waals surface area contributed by atoms with Crippen LogP contribution in [0, 0.1) is 40.9 Å². The fourth-order valence-electron chi connectivity index (χ4n) is 7.18. The molecule has 44 heavy (non-hydrogen) atoms. The van der Waals surface area contributed by atoms with Crippen molar-refractivity contribution >= 4 is 0 Å². The van der Waals surface area contributed by atoms with Crippen LogP contribution in [0.4, 0.5) is 30.7 Å². The van der Waals surface area contributed by atoms with Crippen LogP contribution >= 0.6 is 0 Å². The van der Waals surface area contributed by atoms with Crippen LogP contribution in [0.25, 0.3) is 11.1 Å². The van der Waals surface area contributed by atoms with E-state index in [4.69, 9.17) is 4.74 Å². The number of rotatable bonds is 10. The molecule has 0 atom stereocenters. The molecule has 0 aliphatic heterocycles. The van der Waals surface area contributed by atoms with Crippen LogP contribution in [-0.2, 0) is 17.3 Å². The number of hydrogen-bond acceptors (Lipinski definition) is 1. The molecule has 0 bridgehead atoms. The van der Waals surface area contributed by atoms with E-state index < -0.39 is 46.9 Å². The second-order valence-corrected chi connectivity index (χ2v) is 12.5. The first-order valence-electron chi connectivity index (χ1n) is 15.8. The summed E-state index contributed by atoms with van der Waals surface area (Å²) < 4.78 is 106. The number of ether oxygens (including phenoxy) is 1. The van der Waals surface area contributed by atoms with Crippen molar-refractivity contribution in [3.63, 3.8) is 0 Å². The monoisotopic (exact) mass is 620 g/mol. The summed E-state index contributed by atoms with van der Waals surface area (Å²) in [6.45, 7) is 2.01. The van der Waals surface area contributed by atoms with Crippen LogP contribution in [0.2, 0.25) is 0 Å². The van der Waals surface area contributed by atoms with E-state index in [1.165, 1.54) is 12.1 Å². The molecule has 3 aromatic carbocycles. The van der Waals surface area contributed by atoms with Gasteiger partial charge in [0, 0.05) is 5.56 Å². The summed E-state index contributed by atoms with van der Waals surface area (Å²) in [6, 6.07) is 10.3. The molecule has 0 saturated heterocycles. The normalized spacial score (nSPS) is 22.7. The largest absolute Gasteiger partial charge is 0.389 e. The minimum Gasteiger partial charge on any atom is -0.313 e. The van der Waals surface area contributed by atoms with Gasteiger partial charge < -0.3 is 4.74 Å². The highest BCUT2D eigenvalue weighted by Gasteiger charge is 2.43. The smallest absolute Gasteiger partial charge is 0.313 e. The lowest BCUT2D eigenvalue weighted by Crippen LogP contribution is -2.33. The summed E-state index contributed by atoms with van der Waals surface area (Å²) >= 11 is 0. The van der Waals surface area contributed by atoms with Crippen LogP contribution < -0.4 is 0 Å². The Kier molecular flexibility index (Phi) is 10.4. The van der Waals surface area contributed by atoms with Gasteiger partial charge in [0.1, 0.15) is 23.0 Å². The van der Waals surface area contributed by atoms with Crippen molar-refractivity contribution in [1.82, 2.24) is 0 Å². The van der Waals surface area contributed by atoms with Gasteiger partial charge in [0.15, 0.2) is 11.6 Å². The molecular weight excluding hydrogens is 581 g/mol. The molecule has 2 aliphatic carbocycles. The third-order valence-electron chi connectivity index (χ3n) is 9.63. The van der Waals surface area contributed by atoms with Gasteiger partial charge in [-0.3, -0.25) is 0 Å². The predicted octanol–water partition coefficient (Wildman–Crippen LogP) is 11.4. The lowest BCUT2D eigenvalue weighted by atomic mass is 9.69. The number of hydrogen-bond donors (Lipinski definition) is 0. The quantitative estimate of drug-likeness (QED) is 0.162. The first kappa shape index (κ1) is 32.5. The third kappa shape index (κ3) is 7.49. The van der Waals surface area contributed by atoms with E-state index in [1.54, 1.807) is 6.07 Å². The summed E-state index contributed by atoms with van der Waals surface area (Å²) in [5, 5.41) is 0. The molecule has 3 aromatic rings. The molecule has 2 fully saturated rings. The molecule has 0 unspecified atom stereocenters. The van der Waals surface area contributed by atoms with Gasteiger partial charge in [0.05, 0.1) is 6.10 Å². The average Bonchev–Trinajstić information content (AvgIpc) is 2.98. The number of alkyl halides is 2. The zero-order chi connectivity index (χ0) is 31.4. The summed E-state index contributed by atoms with van der Waals surface area (Å²) in [7, 11) is 0. The Morgan fingerprint density at radius 1 is 0.659 bits per heavy atom. The van der Waals surface area contributed by atoms with Crippen molar-refractivity contribution in [3.8, 4) is 11.1 Å². The standard InChI is InChI=1S/C36H39F7O/c1-2-3-4-5-22-18-33(40)35(34(41)19-22)36(42,43)44-28-14-10-24(11-15-28)23-6-8-25(9-7-23)26-12-16-29(31(38)20-26)27-13-17-30(37)32(39)21-27/h12-13,16-21,23-25,28H,2-11,14-15H2,1H3. The van der Waals surface area contributed by atoms with Crippen molar-refractivity contribution in [2.24, 2.45) is 11.8 Å². The SMILES string of the molecule is CCCCCc1cc(F)c(C(F)(F)OC2CCC(C3CCC(c4ccc(-c5ccc(F)c(F)c5)c(F)c4)CC3)CC2)c(F)c1. The van der Waals surface area contributed by atoms with E-state index in [2.05, 4.69) is 0 Å². The molecule has 8 heteroatoms.